The maximum Gasteiger partial charge on any atom is 0.247 e. The van der Waals surface area contributed by atoms with E-state index in [4.69, 9.17) is 9.47 Å². The van der Waals surface area contributed by atoms with Gasteiger partial charge in [-0.1, -0.05) is 6.58 Å². The lowest BCUT2D eigenvalue weighted by Crippen LogP contribution is -2.29. The lowest BCUT2D eigenvalue weighted by Gasteiger charge is -2.25. The van der Waals surface area contributed by atoms with Crippen molar-refractivity contribution in [2.24, 2.45) is 0 Å². The van der Waals surface area contributed by atoms with E-state index in [0.717, 1.165) is 46.5 Å². The van der Waals surface area contributed by atoms with E-state index in [0.29, 0.717) is 23.4 Å². The molecule has 1 fully saturated rings. The van der Waals surface area contributed by atoms with Gasteiger partial charge in [0.2, 0.25) is 11.8 Å². The van der Waals surface area contributed by atoms with Crippen molar-refractivity contribution in [3.8, 4) is 22.8 Å². The van der Waals surface area contributed by atoms with Crippen LogP contribution in [0.15, 0.2) is 67.6 Å². The summed E-state index contributed by atoms with van der Waals surface area (Å²) >= 11 is 0. The summed E-state index contributed by atoms with van der Waals surface area (Å²) in [7, 11) is 7.67. The SMILES string of the molecule is C=CC(=O)Nc1cc(COc2cc(-c3cn(C4CC4)c4cccnc34)ccn2)c(OC)cc1N(C)CCN(C)C. The number of rotatable bonds is 12. The zero-order valence-electron chi connectivity index (χ0n) is 23.6. The van der Waals surface area contributed by atoms with Crippen molar-refractivity contribution >= 4 is 28.3 Å². The molecule has 9 nitrogen and oxygen atoms in total. The molecular weight excluding hydrogens is 504 g/mol. The summed E-state index contributed by atoms with van der Waals surface area (Å²) in [5.41, 5.74) is 6.47. The lowest BCUT2D eigenvalue weighted by atomic mass is 10.1. The Balaban J connectivity index is 1.41. The number of fused-ring (bicyclic) bond motifs is 1. The lowest BCUT2D eigenvalue weighted by molar-refractivity contribution is -0.111. The Labute approximate surface area is 235 Å². The number of hydrogen-bond acceptors (Lipinski definition) is 7. The molecule has 1 aromatic carbocycles. The smallest absolute Gasteiger partial charge is 0.247 e. The summed E-state index contributed by atoms with van der Waals surface area (Å²) in [5, 5.41) is 2.93. The van der Waals surface area contributed by atoms with Crippen molar-refractivity contribution in [2.75, 3.05) is 51.6 Å². The van der Waals surface area contributed by atoms with Crippen LogP contribution in [0.25, 0.3) is 22.2 Å². The molecule has 0 bridgehead atoms. The van der Waals surface area contributed by atoms with E-state index in [1.165, 1.54) is 18.9 Å². The summed E-state index contributed by atoms with van der Waals surface area (Å²) in [5.74, 6) is 0.871. The summed E-state index contributed by atoms with van der Waals surface area (Å²) in [6.45, 7) is 5.43. The molecular formula is C31H36N6O3. The standard InChI is InChI=1S/C31H36N6O3/c1-6-29(38)34-25-16-22(28(39-5)18-27(25)36(4)15-14-35(2)3)20-40-30-17-21(11-13-32-30)24-19-37(23-9-10-23)26-8-7-12-33-31(24)26/h6-8,11-13,16-19,23H,1,9-10,14-15,20H2,2-5H3,(H,34,38). The fourth-order valence-corrected chi connectivity index (χ4v) is 4.74. The van der Waals surface area contributed by atoms with Gasteiger partial charge in [-0.05, 0) is 62.8 Å². The second kappa shape index (κ2) is 11.8. The molecule has 1 aliphatic carbocycles. The number of carbonyl (C=O) groups excluding carboxylic acids is 1. The third kappa shape index (κ3) is 5.94. The van der Waals surface area contributed by atoms with Crippen LogP contribution in [-0.4, -0.2) is 66.7 Å². The molecule has 0 saturated heterocycles. The normalized spacial score (nSPS) is 12.9. The third-order valence-electron chi connectivity index (χ3n) is 7.09. The van der Waals surface area contributed by atoms with Crippen molar-refractivity contribution in [3.05, 3.63) is 73.2 Å². The highest BCUT2D eigenvalue weighted by molar-refractivity contribution is 6.01. The van der Waals surface area contributed by atoms with Gasteiger partial charge in [0.25, 0.3) is 0 Å². The van der Waals surface area contributed by atoms with Crippen molar-refractivity contribution in [2.45, 2.75) is 25.5 Å². The highest BCUT2D eigenvalue weighted by atomic mass is 16.5. The van der Waals surface area contributed by atoms with E-state index >= 15 is 0 Å². The Bertz CT molecular complexity index is 1530. The van der Waals surface area contributed by atoms with Gasteiger partial charge in [-0.2, -0.15) is 0 Å². The van der Waals surface area contributed by atoms with Gasteiger partial charge in [-0.3, -0.25) is 9.78 Å². The van der Waals surface area contributed by atoms with Crippen LogP contribution in [0, 0.1) is 0 Å². The quantitative estimate of drug-likeness (QED) is 0.249. The largest absolute Gasteiger partial charge is 0.496 e. The van der Waals surface area contributed by atoms with Crippen LogP contribution in [0.5, 0.6) is 11.6 Å². The predicted molar refractivity (Wildman–Crippen MR) is 159 cm³/mol. The average Bonchev–Trinajstić information content (AvgIpc) is 3.74. The van der Waals surface area contributed by atoms with Crippen molar-refractivity contribution in [1.29, 1.82) is 0 Å². The maximum absolute atomic E-state index is 12.2. The average molecular weight is 541 g/mol. The van der Waals surface area contributed by atoms with Crippen LogP contribution >= 0.6 is 0 Å². The monoisotopic (exact) mass is 540 g/mol. The molecule has 40 heavy (non-hydrogen) atoms. The fourth-order valence-electron chi connectivity index (χ4n) is 4.74. The zero-order chi connectivity index (χ0) is 28.2. The number of amides is 1. The summed E-state index contributed by atoms with van der Waals surface area (Å²) in [4.78, 5) is 25.6. The Kier molecular flexibility index (Phi) is 8.02. The van der Waals surface area contributed by atoms with E-state index in [1.54, 1.807) is 13.3 Å². The van der Waals surface area contributed by atoms with Crippen LogP contribution < -0.4 is 19.7 Å². The highest BCUT2D eigenvalue weighted by Crippen LogP contribution is 2.41. The van der Waals surface area contributed by atoms with Crippen LogP contribution in [0.2, 0.25) is 0 Å². The van der Waals surface area contributed by atoms with Crippen LogP contribution in [0.4, 0.5) is 11.4 Å². The number of nitrogens with one attached hydrogen (secondary N) is 1. The first-order valence-corrected chi connectivity index (χ1v) is 13.4. The van der Waals surface area contributed by atoms with Gasteiger partial charge in [0.1, 0.15) is 12.4 Å². The molecule has 0 unspecified atom stereocenters. The number of benzene rings is 1. The van der Waals surface area contributed by atoms with E-state index in [-0.39, 0.29) is 12.5 Å². The first-order chi connectivity index (χ1) is 19.4. The molecule has 3 heterocycles. The fraction of sp³-hybridized carbons (Fsp3) is 0.323. The predicted octanol–water partition coefficient (Wildman–Crippen LogP) is 5.14. The molecule has 0 spiro atoms. The number of hydrogen-bond donors (Lipinski definition) is 1. The zero-order valence-corrected chi connectivity index (χ0v) is 23.6. The molecule has 1 aliphatic rings. The van der Waals surface area contributed by atoms with Gasteiger partial charge >= 0.3 is 0 Å². The molecule has 5 rings (SSSR count). The number of nitrogens with zero attached hydrogens (tertiary/aromatic N) is 5. The minimum absolute atomic E-state index is 0.209. The van der Waals surface area contributed by atoms with Gasteiger partial charge < -0.3 is 29.2 Å². The molecule has 9 heteroatoms. The molecule has 0 radical (unpaired) electrons. The summed E-state index contributed by atoms with van der Waals surface area (Å²) in [6.07, 6.45) is 9.43. The van der Waals surface area contributed by atoms with Gasteiger partial charge in [0.15, 0.2) is 0 Å². The molecule has 1 saturated carbocycles. The first-order valence-electron chi connectivity index (χ1n) is 13.4. The Morgan fingerprint density at radius 2 is 1.98 bits per heavy atom. The summed E-state index contributed by atoms with van der Waals surface area (Å²) in [6, 6.07) is 12.4. The van der Waals surface area contributed by atoms with E-state index in [2.05, 4.69) is 48.5 Å². The van der Waals surface area contributed by atoms with Crippen molar-refractivity contribution < 1.29 is 14.3 Å². The van der Waals surface area contributed by atoms with Gasteiger partial charge in [0.05, 0.1) is 29.5 Å². The van der Waals surface area contributed by atoms with Gasteiger partial charge in [-0.15, -0.1) is 0 Å². The minimum Gasteiger partial charge on any atom is -0.496 e. The van der Waals surface area contributed by atoms with Crippen LogP contribution in [0.1, 0.15) is 24.4 Å². The molecule has 1 N–H and O–H groups in total. The third-order valence-corrected chi connectivity index (χ3v) is 7.09. The van der Waals surface area contributed by atoms with Gasteiger partial charge in [0, 0.05) is 68.0 Å². The van der Waals surface area contributed by atoms with Crippen LogP contribution in [-0.2, 0) is 11.4 Å². The molecule has 3 aromatic heterocycles. The van der Waals surface area contributed by atoms with Crippen molar-refractivity contribution in [1.82, 2.24) is 19.4 Å². The Hall–Kier alpha value is -4.37. The maximum atomic E-state index is 12.2. The van der Waals surface area contributed by atoms with Crippen molar-refractivity contribution in [3.63, 3.8) is 0 Å². The van der Waals surface area contributed by atoms with E-state index in [9.17, 15) is 4.79 Å². The van der Waals surface area contributed by atoms with E-state index in [1.807, 2.05) is 57.7 Å². The van der Waals surface area contributed by atoms with Gasteiger partial charge in [-0.25, -0.2) is 4.98 Å². The minimum atomic E-state index is -0.285. The second-order valence-corrected chi connectivity index (χ2v) is 10.3. The highest BCUT2D eigenvalue weighted by Gasteiger charge is 2.26. The molecule has 208 valence electrons. The summed E-state index contributed by atoms with van der Waals surface area (Å²) < 4.78 is 14.2. The Morgan fingerprint density at radius 1 is 1.15 bits per heavy atom. The number of methoxy groups -OCH3 is 1. The number of carbonyl (C=O) groups is 1. The topological polar surface area (TPSA) is 84.7 Å². The van der Waals surface area contributed by atoms with E-state index < -0.39 is 0 Å². The Morgan fingerprint density at radius 3 is 2.70 bits per heavy atom. The second-order valence-electron chi connectivity index (χ2n) is 10.3. The molecule has 1 amide bonds. The number of pyridine rings is 2. The molecule has 0 aliphatic heterocycles. The number of likely N-dealkylation sites (N-methyl/N-ethyl adjacent to an activating group) is 2. The van der Waals surface area contributed by atoms with Crippen LogP contribution in [0.3, 0.4) is 0 Å². The number of aromatic nitrogens is 3. The number of ether oxygens (including phenoxy) is 2. The molecule has 4 aromatic rings. The first kappa shape index (κ1) is 27.2. The number of anilines is 2. The molecule has 0 atom stereocenters.